The van der Waals surface area contributed by atoms with Crippen LogP contribution in [0.3, 0.4) is 0 Å². The van der Waals surface area contributed by atoms with Crippen LogP contribution in [-0.4, -0.2) is 43.2 Å². The van der Waals surface area contributed by atoms with E-state index in [4.69, 9.17) is 4.74 Å². The maximum atomic E-state index is 5.86. The molecule has 0 unspecified atom stereocenters. The lowest BCUT2D eigenvalue weighted by Gasteiger charge is -2.28. The van der Waals surface area contributed by atoms with Crippen LogP contribution in [0.5, 0.6) is 5.75 Å². The summed E-state index contributed by atoms with van der Waals surface area (Å²) >= 11 is 0. The maximum absolute atomic E-state index is 5.86. The zero-order chi connectivity index (χ0) is 18.1. The summed E-state index contributed by atoms with van der Waals surface area (Å²) in [4.78, 5) is 9.35. The van der Waals surface area contributed by atoms with Gasteiger partial charge in [0.15, 0.2) is 0 Å². The van der Waals surface area contributed by atoms with Crippen molar-refractivity contribution in [3.05, 3.63) is 52.8 Å². The highest BCUT2D eigenvalue weighted by Crippen LogP contribution is 2.32. The molecular formula is C22H31N3OS. The van der Waals surface area contributed by atoms with Gasteiger partial charge >= 0.3 is 0 Å². The minimum atomic E-state index is 0. The van der Waals surface area contributed by atoms with E-state index in [9.17, 15) is 0 Å². The topological polar surface area (TPSA) is 28.6 Å². The van der Waals surface area contributed by atoms with E-state index in [1.54, 1.807) is 0 Å². The molecule has 1 atom stereocenters. The Labute approximate surface area is 170 Å². The lowest BCUT2D eigenvalue weighted by atomic mass is 9.98. The Balaban J connectivity index is 0.00000210. The molecule has 4 rings (SSSR count). The van der Waals surface area contributed by atoms with Crippen molar-refractivity contribution in [1.29, 1.82) is 0 Å². The zero-order valence-corrected chi connectivity index (χ0v) is 17.7. The Morgan fingerprint density at radius 1 is 1.07 bits per heavy atom. The number of ether oxygens (including phenoxy) is 1. The number of likely N-dealkylation sites (tertiary alicyclic amines) is 1. The van der Waals surface area contributed by atoms with E-state index in [1.807, 2.05) is 0 Å². The molecule has 1 aromatic heterocycles. The van der Waals surface area contributed by atoms with Gasteiger partial charge in [-0.25, -0.2) is 0 Å². The summed E-state index contributed by atoms with van der Waals surface area (Å²) in [6.07, 6.45) is 2.45. The van der Waals surface area contributed by atoms with Gasteiger partial charge in [0.25, 0.3) is 0 Å². The molecule has 0 N–H and O–H groups in total. The van der Waals surface area contributed by atoms with E-state index in [0.717, 1.165) is 42.8 Å². The second kappa shape index (κ2) is 8.53. The molecule has 4 nitrogen and oxygen atoms in total. The molecule has 0 amide bonds. The van der Waals surface area contributed by atoms with E-state index in [2.05, 4.69) is 66.0 Å². The lowest BCUT2D eigenvalue weighted by molar-refractivity contribution is 0.304. The molecule has 0 bridgehead atoms. The third kappa shape index (κ3) is 4.77. The summed E-state index contributed by atoms with van der Waals surface area (Å²) < 4.78 is 5.86. The molecule has 1 aromatic carbocycles. The normalized spacial score (nSPS) is 19.4. The van der Waals surface area contributed by atoms with E-state index in [-0.39, 0.29) is 13.5 Å². The summed E-state index contributed by atoms with van der Waals surface area (Å²) in [7, 11) is 2.13. The Bertz CT molecular complexity index is 775. The van der Waals surface area contributed by atoms with Gasteiger partial charge in [-0.2, -0.15) is 13.5 Å². The largest absolute Gasteiger partial charge is 0.490 e. The second-order valence-electron chi connectivity index (χ2n) is 7.92. The average Bonchev–Trinajstić information content (AvgIpc) is 3.01. The van der Waals surface area contributed by atoms with Gasteiger partial charge in [-0.3, -0.25) is 9.88 Å². The van der Waals surface area contributed by atoms with Crippen LogP contribution in [0, 0.1) is 19.8 Å². The maximum Gasteiger partial charge on any atom is 0.143 e. The number of hydrogen-bond donors (Lipinski definition) is 0. The Hall–Kier alpha value is -1.72. The number of benzene rings is 1. The summed E-state index contributed by atoms with van der Waals surface area (Å²) in [5, 5.41) is 0. The number of likely N-dealkylation sites (N-methyl/N-ethyl adjacent to an activating group) is 1. The fraction of sp³-hybridized carbons (Fsp3) is 0.500. The first-order valence-electron chi connectivity index (χ1n) is 9.70. The number of aromatic nitrogens is 1. The second-order valence-corrected chi connectivity index (χ2v) is 7.92. The minimum absolute atomic E-state index is 0. The molecule has 5 heteroatoms. The molecular weight excluding hydrogens is 354 g/mol. The first-order chi connectivity index (χ1) is 12.6. The Morgan fingerprint density at radius 3 is 2.63 bits per heavy atom. The molecule has 2 aliphatic rings. The monoisotopic (exact) mass is 385 g/mol. The highest BCUT2D eigenvalue weighted by atomic mass is 32.1. The smallest absolute Gasteiger partial charge is 0.143 e. The van der Waals surface area contributed by atoms with Crippen molar-refractivity contribution in [1.82, 2.24) is 9.88 Å². The van der Waals surface area contributed by atoms with E-state index >= 15 is 0 Å². The molecule has 0 saturated carbocycles. The van der Waals surface area contributed by atoms with Gasteiger partial charge in [-0.05, 0) is 74.5 Å². The van der Waals surface area contributed by atoms with Crippen molar-refractivity contribution in [3.63, 3.8) is 0 Å². The predicted molar refractivity (Wildman–Crippen MR) is 116 cm³/mol. The summed E-state index contributed by atoms with van der Waals surface area (Å²) in [6, 6.07) is 11.2. The van der Waals surface area contributed by atoms with Crippen molar-refractivity contribution >= 4 is 19.2 Å². The van der Waals surface area contributed by atoms with Crippen molar-refractivity contribution in [2.24, 2.45) is 5.92 Å². The van der Waals surface area contributed by atoms with Gasteiger partial charge in [0.2, 0.25) is 0 Å². The number of rotatable bonds is 4. The van der Waals surface area contributed by atoms with Crippen LogP contribution in [0.4, 0.5) is 5.69 Å². The fourth-order valence-corrected chi connectivity index (χ4v) is 4.35. The Kier molecular flexibility index (Phi) is 6.33. The highest BCUT2D eigenvalue weighted by Gasteiger charge is 2.23. The van der Waals surface area contributed by atoms with Crippen LogP contribution in [0.25, 0.3) is 0 Å². The van der Waals surface area contributed by atoms with Crippen molar-refractivity contribution in [2.45, 2.75) is 33.2 Å². The van der Waals surface area contributed by atoms with Gasteiger partial charge in [0.05, 0.1) is 12.2 Å². The number of hydrogen-bond acceptors (Lipinski definition) is 4. The number of pyridine rings is 1. The lowest BCUT2D eigenvalue weighted by Crippen LogP contribution is -2.29. The van der Waals surface area contributed by atoms with Crippen LogP contribution in [0.2, 0.25) is 0 Å². The molecule has 0 aliphatic carbocycles. The quantitative estimate of drug-likeness (QED) is 0.802. The van der Waals surface area contributed by atoms with Gasteiger partial charge in [-0.15, -0.1) is 0 Å². The van der Waals surface area contributed by atoms with Gasteiger partial charge in [-0.1, -0.05) is 6.07 Å². The SMILES string of the molecule is Cc1cc(C[C@H]2CCN(Cc3ccc4c(c3)OCCN4C)C2)cc(C)n1.S. The number of aryl methyl sites for hydroxylation is 2. The summed E-state index contributed by atoms with van der Waals surface area (Å²) in [6.45, 7) is 9.31. The average molecular weight is 386 g/mol. The molecule has 146 valence electrons. The molecule has 0 radical (unpaired) electrons. The number of fused-ring (bicyclic) bond motifs is 1. The molecule has 3 heterocycles. The van der Waals surface area contributed by atoms with Crippen molar-refractivity contribution < 1.29 is 4.74 Å². The molecule has 2 aromatic rings. The van der Waals surface area contributed by atoms with Crippen molar-refractivity contribution in [3.8, 4) is 5.75 Å². The number of anilines is 1. The first-order valence-corrected chi connectivity index (χ1v) is 9.70. The van der Waals surface area contributed by atoms with Gasteiger partial charge in [0, 0.05) is 31.5 Å². The van der Waals surface area contributed by atoms with Crippen molar-refractivity contribution in [2.75, 3.05) is 38.2 Å². The van der Waals surface area contributed by atoms with Crippen LogP contribution in [0.1, 0.15) is 28.9 Å². The molecule has 1 fully saturated rings. The third-order valence-corrected chi connectivity index (χ3v) is 5.56. The molecule has 2 aliphatic heterocycles. The molecule has 1 saturated heterocycles. The fourth-order valence-electron chi connectivity index (χ4n) is 4.35. The predicted octanol–water partition coefficient (Wildman–Crippen LogP) is 3.70. The van der Waals surface area contributed by atoms with E-state index in [0.29, 0.717) is 0 Å². The standard InChI is InChI=1S/C22H29N3O.H2S/c1-16-10-20(11-17(2)23-16)12-19-6-7-25(15-19)14-18-4-5-21-22(13-18)26-9-8-24(21)3;/h4-5,10-11,13,19H,6-9,12,14-15H2,1-3H3;1H2/t19-;/m1./s1. The Morgan fingerprint density at radius 2 is 1.85 bits per heavy atom. The van der Waals surface area contributed by atoms with E-state index in [1.165, 1.54) is 42.7 Å². The molecule has 0 spiro atoms. The molecule has 27 heavy (non-hydrogen) atoms. The van der Waals surface area contributed by atoms with Gasteiger partial charge < -0.3 is 9.64 Å². The summed E-state index contributed by atoms with van der Waals surface area (Å²) in [5.41, 5.74) is 6.27. The minimum Gasteiger partial charge on any atom is -0.490 e. The van der Waals surface area contributed by atoms with Crippen LogP contribution < -0.4 is 9.64 Å². The van der Waals surface area contributed by atoms with E-state index < -0.39 is 0 Å². The van der Waals surface area contributed by atoms with Gasteiger partial charge in [0.1, 0.15) is 12.4 Å². The van der Waals surface area contributed by atoms with Crippen LogP contribution >= 0.6 is 13.5 Å². The van der Waals surface area contributed by atoms with Crippen LogP contribution in [0.15, 0.2) is 30.3 Å². The zero-order valence-electron chi connectivity index (χ0n) is 16.7. The highest BCUT2D eigenvalue weighted by molar-refractivity contribution is 7.59. The first kappa shape index (κ1) is 20.0. The third-order valence-electron chi connectivity index (χ3n) is 5.56. The summed E-state index contributed by atoms with van der Waals surface area (Å²) in [5.74, 6) is 1.78. The van der Waals surface area contributed by atoms with Crippen LogP contribution in [-0.2, 0) is 13.0 Å². The number of nitrogens with zero attached hydrogens (tertiary/aromatic N) is 3.